The molecule has 1 aromatic carbocycles. The molecular weight excluding hydrogens is 476 g/mol. The Morgan fingerprint density at radius 3 is 1.62 bits per heavy atom. The van der Waals surface area contributed by atoms with Crippen LogP contribution in [0.4, 0.5) is 0 Å². The normalized spacial score (nSPS) is 17.1. The Kier molecular flexibility index (Phi) is 7.42. The van der Waals surface area contributed by atoms with Crippen LogP contribution in [0.1, 0.15) is 5.56 Å². The highest BCUT2D eigenvalue weighted by Gasteiger charge is 2.56. The fourth-order valence-electron chi connectivity index (χ4n) is 3.05. The van der Waals surface area contributed by atoms with E-state index >= 15 is 0 Å². The number of benzene rings is 1. The third-order valence-electron chi connectivity index (χ3n) is 4.49. The van der Waals surface area contributed by atoms with Crippen LogP contribution in [0.3, 0.4) is 0 Å². The van der Waals surface area contributed by atoms with Gasteiger partial charge >= 0.3 is 23.9 Å². The lowest BCUT2D eigenvalue weighted by atomic mass is 9.97. The largest absolute Gasteiger partial charge is 0.466 e. The number of carbonyl (C=O) groups excluding carboxylic acids is 4. The van der Waals surface area contributed by atoms with E-state index in [1.807, 2.05) is 30.3 Å². The predicted molar refractivity (Wildman–Crippen MR) is 122 cm³/mol. The molecule has 0 unspecified atom stereocenters. The molecule has 3 rings (SSSR count). The van der Waals surface area contributed by atoms with Gasteiger partial charge in [-0.25, -0.2) is 19.2 Å². The van der Waals surface area contributed by atoms with Crippen LogP contribution in [0.25, 0.3) is 5.57 Å². The Hall–Kier alpha value is -2.63. The van der Waals surface area contributed by atoms with Crippen LogP contribution in [-0.4, -0.2) is 56.4 Å². The van der Waals surface area contributed by atoms with Crippen LogP contribution in [-0.2, 0) is 38.1 Å². The van der Waals surface area contributed by atoms with Crippen LogP contribution in [0.5, 0.6) is 0 Å². The molecule has 0 amide bonds. The Labute approximate surface area is 196 Å². The van der Waals surface area contributed by atoms with Gasteiger partial charge in [-0.15, -0.1) is 0 Å². The van der Waals surface area contributed by atoms with Gasteiger partial charge in [-0.2, -0.15) is 0 Å². The summed E-state index contributed by atoms with van der Waals surface area (Å²) in [5, 5.41) is 1.70. The first-order valence-electron chi connectivity index (χ1n) is 8.97. The lowest BCUT2D eigenvalue weighted by Gasteiger charge is -2.35. The summed E-state index contributed by atoms with van der Waals surface area (Å²) >= 11 is 2.85. The molecule has 2 aliphatic heterocycles. The summed E-state index contributed by atoms with van der Waals surface area (Å²) < 4.78 is 18.2. The van der Waals surface area contributed by atoms with Gasteiger partial charge < -0.3 is 18.9 Å². The quantitative estimate of drug-likeness (QED) is 0.445. The van der Waals surface area contributed by atoms with Crippen molar-refractivity contribution in [2.75, 3.05) is 28.4 Å². The van der Waals surface area contributed by atoms with E-state index in [0.29, 0.717) is 5.57 Å². The van der Waals surface area contributed by atoms with Gasteiger partial charge in [0.25, 0.3) is 0 Å². The number of hydrogen-bond acceptors (Lipinski definition) is 11. The fraction of sp³-hybridized carbons (Fsp3) is 0.238. The number of ether oxygens (including phenoxy) is 4. The summed E-state index contributed by atoms with van der Waals surface area (Å²) in [5.41, 5.74) is 1.26. The van der Waals surface area contributed by atoms with Crippen molar-refractivity contribution < 1.29 is 38.1 Å². The third kappa shape index (κ3) is 4.07. The van der Waals surface area contributed by atoms with Gasteiger partial charge in [-0.05, 0) is 16.5 Å². The van der Waals surface area contributed by atoms with Crippen LogP contribution in [0.15, 0.2) is 56.0 Å². The van der Waals surface area contributed by atoms with Crippen molar-refractivity contribution in [1.82, 2.24) is 0 Å². The number of esters is 4. The third-order valence-corrected chi connectivity index (χ3v) is 8.65. The molecule has 0 saturated carbocycles. The number of carbonyl (C=O) groups is 4. The molecular formula is C21H18O8S3. The molecule has 0 aliphatic carbocycles. The zero-order valence-corrected chi connectivity index (χ0v) is 19.9. The maximum atomic E-state index is 13.0. The Morgan fingerprint density at radius 2 is 1.16 bits per heavy atom. The second-order valence-corrected chi connectivity index (χ2v) is 9.75. The summed E-state index contributed by atoms with van der Waals surface area (Å²) in [7, 11) is 4.74. The van der Waals surface area contributed by atoms with Gasteiger partial charge in [0.1, 0.15) is 18.8 Å². The fourth-order valence-corrected chi connectivity index (χ4v) is 7.74. The molecule has 0 saturated heterocycles. The second kappa shape index (κ2) is 9.88. The summed E-state index contributed by atoms with van der Waals surface area (Å²) in [6.07, 6.45) is 0. The smallest absolute Gasteiger partial charge is 0.345 e. The van der Waals surface area contributed by atoms with Gasteiger partial charge in [-0.1, -0.05) is 65.6 Å². The number of methoxy groups -OCH3 is 4. The topological polar surface area (TPSA) is 105 Å². The predicted octanol–water partition coefficient (Wildman–Crippen LogP) is 3.11. The van der Waals surface area contributed by atoms with Crippen molar-refractivity contribution in [2.45, 2.75) is 4.08 Å². The molecule has 2 heterocycles. The average Bonchev–Trinajstić information content (AvgIpc) is 3.22. The van der Waals surface area contributed by atoms with E-state index in [2.05, 4.69) is 0 Å². The first kappa shape index (κ1) is 24.0. The molecule has 0 atom stereocenters. The van der Waals surface area contributed by atoms with E-state index in [9.17, 15) is 19.2 Å². The highest BCUT2D eigenvalue weighted by Crippen LogP contribution is 2.66. The number of hydrogen-bond donors (Lipinski definition) is 0. The minimum Gasteiger partial charge on any atom is -0.466 e. The maximum absolute atomic E-state index is 13.0. The van der Waals surface area contributed by atoms with Crippen LogP contribution in [0, 0.1) is 0 Å². The monoisotopic (exact) mass is 494 g/mol. The van der Waals surface area contributed by atoms with Crippen LogP contribution < -0.4 is 0 Å². The van der Waals surface area contributed by atoms with Crippen molar-refractivity contribution in [3.63, 3.8) is 0 Å². The Balaban J connectivity index is 2.31. The molecule has 0 bridgehead atoms. The highest BCUT2D eigenvalue weighted by molar-refractivity contribution is 8.26. The maximum Gasteiger partial charge on any atom is 0.345 e. The SMILES string of the molecule is COC(=O)C1=C(C(=O)OC)SC2(S1)C(c1ccccc1)=CSC(C(=O)OC)=C2C(=O)OC. The number of thioether (sulfide) groups is 3. The molecule has 168 valence electrons. The van der Waals surface area contributed by atoms with Crippen molar-refractivity contribution in [2.24, 2.45) is 0 Å². The first-order valence-corrected chi connectivity index (χ1v) is 11.5. The minimum atomic E-state index is -1.41. The molecule has 0 N–H and O–H groups in total. The Bertz CT molecular complexity index is 1040. The average molecular weight is 495 g/mol. The summed E-state index contributed by atoms with van der Waals surface area (Å²) in [6, 6.07) is 9.09. The molecule has 32 heavy (non-hydrogen) atoms. The number of rotatable bonds is 5. The lowest BCUT2D eigenvalue weighted by molar-refractivity contribution is -0.138. The summed E-state index contributed by atoms with van der Waals surface area (Å²) in [6.45, 7) is 0. The van der Waals surface area contributed by atoms with Gasteiger partial charge in [0.05, 0.1) is 34.0 Å². The van der Waals surface area contributed by atoms with E-state index in [1.165, 1.54) is 28.4 Å². The van der Waals surface area contributed by atoms with Crippen molar-refractivity contribution in [3.05, 3.63) is 61.6 Å². The first-order chi connectivity index (χ1) is 15.3. The van der Waals surface area contributed by atoms with Gasteiger partial charge in [0, 0.05) is 0 Å². The molecule has 2 aliphatic rings. The zero-order valence-electron chi connectivity index (χ0n) is 17.5. The van der Waals surface area contributed by atoms with E-state index in [-0.39, 0.29) is 20.3 Å². The van der Waals surface area contributed by atoms with E-state index in [0.717, 1.165) is 40.8 Å². The van der Waals surface area contributed by atoms with E-state index in [1.54, 1.807) is 5.41 Å². The summed E-state index contributed by atoms with van der Waals surface area (Å²) in [5.74, 6) is -3.08. The van der Waals surface area contributed by atoms with Crippen molar-refractivity contribution in [3.8, 4) is 0 Å². The molecule has 1 aromatic rings. The highest BCUT2D eigenvalue weighted by atomic mass is 32.2. The molecule has 11 heteroatoms. The Morgan fingerprint density at radius 1 is 0.688 bits per heavy atom. The standard InChI is InChI=1S/C21H18O8S3/c1-26-17(22)13-14(18(23)27-2)30-10-12(11-8-6-5-7-9-11)21(13)31-15(19(24)28-3)16(32-21)20(25)29-4/h5-10H,1-4H3. The van der Waals surface area contributed by atoms with Gasteiger partial charge in [-0.3, -0.25) is 0 Å². The molecule has 8 nitrogen and oxygen atoms in total. The minimum absolute atomic E-state index is 0.00522. The lowest BCUT2D eigenvalue weighted by Crippen LogP contribution is -2.34. The molecule has 0 radical (unpaired) electrons. The summed E-state index contributed by atoms with van der Waals surface area (Å²) in [4.78, 5) is 50.6. The van der Waals surface area contributed by atoms with Crippen LogP contribution >= 0.6 is 35.3 Å². The zero-order chi connectivity index (χ0) is 23.5. The second-order valence-electron chi connectivity index (χ2n) is 6.16. The van der Waals surface area contributed by atoms with Crippen LogP contribution in [0.2, 0.25) is 0 Å². The van der Waals surface area contributed by atoms with E-state index < -0.39 is 28.0 Å². The molecule has 0 aromatic heterocycles. The molecule has 1 spiro atoms. The van der Waals surface area contributed by atoms with Crippen molar-refractivity contribution in [1.29, 1.82) is 0 Å². The van der Waals surface area contributed by atoms with Crippen molar-refractivity contribution >= 4 is 64.7 Å². The van der Waals surface area contributed by atoms with Gasteiger partial charge in [0.15, 0.2) is 0 Å². The van der Waals surface area contributed by atoms with Gasteiger partial charge in [0.2, 0.25) is 0 Å². The van der Waals surface area contributed by atoms with E-state index in [4.69, 9.17) is 18.9 Å². The molecule has 0 fully saturated rings.